The van der Waals surface area contributed by atoms with Crippen LogP contribution in [-0.2, 0) is 9.53 Å². The standard InChI is InChI=1S/C17H31O2/c1-14(2)16-10-9-15(3)13-17(16)19-12-8-6-4-5-7-11-18/h14-17H,4-10,12-13H2,1-3H3. The maximum Gasteiger partial charge on any atom is 0.198 e. The minimum absolute atomic E-state index is 0.479. The Morgan fingerprint density at radius 1 is 1.16 bits per heavy atom. The highest BCUT2D eigenvalue weighted by Gasteiger charge is 2.31. The Morgan fingerprint density at radius 3 is 2.58 bits per heavy atom. The van der Waals surface area contributed by atoms with E-state index in [0.29, 0.717) is 12.5 Å². The highest BCUT2D eigenvalue weighted by Crippen LogP contribution is 2.35. The zero-order chi connectivity index (χ0) is 14.1. The van der Waals surface area contributed by atoms with Crippen molar-refractivity contribution in [2.45, 2.75) is 78.2 Å². The molecule has 1 aliphatic carbocycles. The van der Waals surface area contributed by atoms with Gasteiger partial charge in [0.25, 0.3) is 0 Å². The summed E-state index contributed by atoms with van der Waals surface area (Å²) in [4.78, 5) is 10.1. The molecule has 3 unspecified atom stereocenters. The molecule has 1 saturated carbocycles. The lowest BCUT2D eigenvalue weighted by Crippen LogP contribution is -2.34. The van der Waals surface area contributed by atoms with Crippen molar-refractivity contribution in [1.82, 2.24) is 0 Å². The van der Waals surface area contributed by atoms with E-state index in [-0.39, 0.29) is 0 Å². The summed E-state index contributed by atoms with van der Waals surface area (Å²) >= 11 is 0. The lowest BCUT2D eigenvalue weighted by atomic mass is 9.75. The summed E-state index contributed by atoms with van der Waals surface area (Å²) in [5.41, 5.74) is 0. The van der Waals surface area contributed by atoms with Gasteiger partial charge in [-0.25, -0.2) is 0 Å². The van der Waals surface area contributed by atoms with Crippen molar-refractivity contribution in [2.75, 3.05) is 6.61 Å². The smallest absolute Gasteiger partial charge is 0.198 e. The van der Waals surface area contributed by atoms with Crippen molar-refractivity contribution in [1.29, 1.82) is 0 Å². The van der Waals surface area contributed by atoms with Gasteiger partial charge in [0.15, 0.2) is 6.29 Å². The minimum Gasteiger partial charge on any atom is -0.378 e. The largest absolute Gasteiger partial charge is 0.378 e. The molecule has 0 aromatic rings. The molecule has 0 spiro atoms. The first-order valence-electron chi connectivity index (χ1n) is 8.11. The van der Waals surface area contributed by atoms with Crippen LogP contribution < -0.4 is 0 Å². The number of ether oxygens (including phenoxy) is 1. The van der Waals surface area contributed by atoms with E-state index >= 15 is 0 Å². The fraction of sp³-hybridized carbons (Fsp3) is 0.941. The molecule has 0 bridgehead atoms. The molecule has 1 radical (unpaired) electrons. The number of hydrogen-bond donors (Lipinski definition) is 0. The average Bonchev–Trinajstić information content (AvgIpc) is 2.37. The normalized spacial score (nSPS) is 27.7. The Hall–Kier alpha value is -0.370. The van der Waals surface area contributed by atoms with Crippen molar-refractivity contribution >= 4 is 6.29 Å². The van der Waals surface area contributed by atoms with Crippen LogP contribution >= 0.6 is 0 Å². The van der Waals surface area contributed by atoms with E-state index in [1.807, 2.05) is 6.29 Å². The molecule has 1 aliphatic rings. The lowest BCUT2D eigenvalue weighted by molar-refractivity contribution is -0.0394. The summed E-state index contributed by atoms with van der Waals surface area (Å²) < 4.78 is 6.16. The van der Waals surface area contributed by atoms with E-state index in [1.165, 1.54) is 25.7 Å². The molecule has 0 aromatic heterocycles. The van der Waals surface area contributed by atoms with Crippen LogP contribution in [0.15, 0.2) is 0 Å². The van der Waals surface area contributed by atoms with E-state index in [4.69, 9.17) is 4.74 Å². The van der Waals surface area contributed by atoms with E-state index in [9.17, 15) is 4.79 Å². The van der Waals surface area contributed by atoms with Crippen LogP contribution in [0.3, 0.4) is 0 Å². The van der Waals surface area contributed by atoms with Crippen molar-refractivity contribution in [3.05, 3.63) is 0 Å². The Kier molecular flexibility index (Phi) is 8.36. The first kappa shape index (κ1) is 16.7. The number of rotatable bonds is 9. The predicted octanol–water partition coefficient (Wildman–Crippen LogP) is 4.52. The predicted molar refractivity (Wildman–Crippen MR) is 79.9 cm³/mol. The molecular formula is C17H31O2. The molecular weight excluding hydrogens is 236 g/mol. The van der Waals surface area contributed by atoms with Crippen LogP contribution in [0.1, 0.15) is 72.1 Å². The quantitative estimate of drug-likeness (QED) is 0.574. The highest BCUT2D eigenvalue weighted by atomic mass is 16.5. The lowest BCUT2D eigenvalue weighted by Gasteiger charge is -2.37. The van der Waals surface area contributed by atoms with E-state index < -0.39 is 0 Å². The summed E-state index contributed by atoms with van der Waals surface area (Å²) in [6, 6.07) is 0. The zero-order valence-corrected chi connectivity index (χ0v) is 13.0. The second-order valence-electron chi connectivity index (χ2n) is 6.54. The summed E-state index contributed by atoms with van der Waals surface area (Å²) in [6.07, 6.45) is 11.4. The molecule has 111 valence electrons. The molecule has 0 heterocycles. The molecule has 2 heteroatoms. The van der Waals surface area contributed by atoms with Gasteiger partial charge in [-0.05, 0) is 43.4 Å². The summed E-state index contributed by atoms with van der Waals surface area (Å²) in [6.45, 7) is 7.90. The van der Waals surface area contributed by atoms with Gasteiger partial charge < -0.3 is 4.74 Å². The maximum absolute atomic E-state index is 10.1. The van der Waals surface area contributed by atoms with E-state index in [2.05, 4.69) is 20.8 Å². The molecule has 0 amide bonds. The van der Waals surface area contributed by atoms with E-state index in [0.717, 1.165) is 43.6 Å². The molecule has 1 rings (SSSR count). The van der Waals surface area contributed by atoms with Crippen LogP contribution in [0.4, 0.5) is 0 Å². The molecule has 0 aromatic carbocycles. The van der Waals surface area contributed by atoms with Crippen molar-refractivity contribution in [2.24, 2.45) is 17.8 Å². The maximum atomic E-state index is 10.1. The molecule has 0 saturated heterocycles. The number of carbonyl (C=O) groups excluding carboxylic acids is 1. The first-order valence-corrected chi connectivity index (χ1v) is 8.11. The molecule has 0 N–H and O–H groups in total. The first-order chi connectivity index (χ1) is 9.15. The van der Waals surface area contributed by atoms with Crippen LogP contribution in [-0.4, -0.2) is 19.0 Å². The molecule has 1 fully saturated rings. The Bertz CT molecular complexity index is 237. The second-order valence-corrected chi connectivity index (χ2v) is 6.54. The van der Waals surface area contributed by atoms with Crippen LogP contribution in [0, 0.1) is 17.8 Å². The summed E-state index contributed by atoms with van der Waals surface area (Å²) in [7, 11) is 0. The summed E-state index contributed by atoms with van der Waals surface area (Å²) in [5.74, 6) is 2.31. The van der Waals surface area contributed by atoms with Gasteiger partial charge in [0, 0.05) is 13.0 Å². The third-order valence-corrected chi connectivity index (χ3v) is 4.47. The Labute approximate surface area is 119 Å². The number of unbranched alkanes of at least 4 members (excludes halogenated alkanes) is 4. The van der Waals surface area contributed by atoms with E-state index in [1.54, 1.807) is 0 Å². The van der Waals surface area contributed by atoms with Crippen molar-refractivity contribution in [3.63, 3.8) is 0 Å². The third-order valence-electron chi connectivity index (χ3n) is 4.47. The van der Waals surface area contributed by atoms with Crippen LogP contribution in [0.5, 0.6) is 0 Å². The van der Waals surface area contributed by atoms with Gasteiger partial charge in [0.2, 0.25) is 0 Å². The Balaban J connectivity index is 2.16. The van der Waals surface area contributed by atoms with Crippen molar-refractivity contribution < 1.29 is 9.53 Å². The monoisotopic (exact) mass is 267 g/mol. The zero-order valence-electron chi connectivity index (χ0n) is 13.0. The number of hydrogen-bond acceptors (Lipinski definition) is 2. The average molecular weight is 267 g/mol. The third kappa shape index (κ3) is 6.56. The van der Waals surface area contributed by atoms with Crippen LogP contribution in [0.2, 0.25) is 0 Å². The summed E-state index contributed by atoms with van der Waals surface area (Å²) in [5, 5.41) is 0. The SMILES string of the molecule is CC1CCC(C(C)C)C(OCCCCCC[C]=O)C1. The topological polar surface area (TPSA) is 26.3 Å². The fourth-order valence-corrected chi connectivity index (χ4v) is 3.19. The molecule has 2 nitrogen and oxygen atoms in total. The highest BCUT2D eigenvalue weighted by molar-refractivity contribution is 5.50. The molecule has 19 heavy (non-hydrogen) atoms. The molecule has 3 atom stereocenters. The minimum atomic E-state index is 0.479. The van der Waals surface area contributed by atoms with Gasteiger partial charge in [-0.1, -0.05) is 40.0 Å². The van der Waals surface area contributed by atoms with Gasteiger partial charge >= 0.3 is 0 Å². The molecule has 0 aliphatic heterocycles. The van der Waals surface area contributed by atoms with Crippen LogP contribution in [0.25, 0.3) is 0 Å². The van der Waals surface area contributed by atoms with Gasteiger partial charge in [-0.3, -0.25) is 4.79 Å². The van der Waals surface area contributed by atoms with Crippen molar-refractivity contribution in [3.8, 4) is 0 Å². The van der Waals surface area contributed by atoms with Gasteiger partial charge in [-0.2, -0.15) is 0 Å². The second kappa shape index (κ2) is 9.52. The van der Waals surface area contributed by atoms with Gasteiger partial charge in [-0.15, -0.1) is 0 Å². The van der Waals surface area contributed by atoms with Gasteiger partial charge in [0.05, 0.1) is 6.10 Å². The fourth-order valence-electron chi connectivity index (χ4n) is 3.19. The van der Waals surface area contributed by atoms with Gasteiger partial charge in [0.1, 0.15) is 0 Å². The Morgan fingerprint density at radius 2 is 1.89 bits per heavy atom.